The fourth-order valence-electron chi connectivity index (χ4n) is 4.06. The highest BCUT2D eigenvalue weighted by molar-refractivity contribution is 7.13. The molecule has 4 aromatic rings. The minimum absolute atomic E-state index is 0.0691. The van der Waals surface area contributed by atoms with Crippen molar-refractivity contribution >= 4 is 51.0 Å². The summed E-state index contributed by atoms with van der Waals surface area (Å²) in [4.78, 5) is 2.27. The van der Waals surface area contributed by atoms with Crippen molar-refractivity contribution in [3.63, 3.8) is 0 Å². The highest BCUT2D eigenvalue weighted by Crippen LogP contribution is 2.39. The molecule has 4 nitrogen and oxygen atoms in total. The first kappa shape index (κ1) is 17.9. The molecule has 0 bridgehead atoms. The second-order valence-electron chi connectivity index (χ2n) is 7.78. The quantitative estimate of drug-likeness (QED) is 0.495. The van der Waals surface area contributed by atoms with Crippen LogP contribution in [0.2, 0.25) is 0 Å². The molecule has 0 atom stereocenters. The third kappa shape index (κ3) is 2.89. The van der Waals surface area contributed by atoms with Crippen LogP contribution in [0.15, 0.2) is 60.7 Å². The number of rotatable bonds is 4. The predicted molar refractivity (Wildman–Crippen MR) is 121 cm³/mol. The first-order valence-corrected chi connectivity index (χ1v) is 10.3. The molecule has 1 aliphatic rings. The van der Waals surface area contributed by atoms with Crippen LogP contribution in [0.4, 0.5) is 17.1 Å². The predicted octanol–water partition coefficient (Wildman–Crippen LogP) is 4.77. The Hall–Kier alpha value is -3.18. The topological polar surface area (TPSA) is 38.2 Å². The molecular formula is C24H21N3OS. The lowest BCUT2D eigenvalue weighted by Crippen LogP contribution is -2.30. The lowest BCUT2D eigenvalue weighted by atomic mass is 9.96. The van der Waals surface area contributed by atoms with Crippen LogP contribution in [0.25, 0.3) is 22.4 Å². The number of fused-ring (bicyclic) bond motifs is 2. The third-order valence-electron chi connectivity index (χ3n) is 5.20. The highest BCUT2D eigenvalue weighted by atomic mass is 32.1. The van der Waals surface area contributed by atoms with Gasteiger partial charge in [-0.3, -0.25) is 0 Å². The van der Waals surface area contributed by atoms with Crippen LogP contribution in [0.1, 0.15) is 13.8 Å². The number of para-hydroxylation sites is 2. The molecule has 1 aromatic heterocycles. The van der Waals surface area contributed by atoms with Gasteiger partial charge in [0.05, 0.1) is 12.8 Å². The van der Waals surface area contributed by atoms with E-state index in [4.69, 9.17) is 4.74 Å². The Balaban J connectivity index is 1.94. The second kappa shape index (κ2) is 6.71. The van der Waals surface area contributed by atoms with E-state index >= 15 is 0 Å². The second-order valence-corrected chi connectivity index (χ2v) is 8.53. The summed E-state index contributed by atoms with van der Waals surface area (Å²) < 4.78 is 11.1. The van der Waals surface area contributed by atoms with Crippen molar-refractivity contribution in [1.29, 1.82) is 0 Å². The summed E-state index contributed by atoms with van der Waals surface area (Å²) in [5, 5.41) is 6.79. The first-order valence-electron chi connectivity index (χ1n) is 9.57. The van der Waals surface area contributed by atoms with E-state index in [0.29, 0.717) is 0 Å². The molecule has 0 saturated carbocycles. The fraction of sp³-hybridized carbons (Fsp3) is 0.167. The monoisotopic (exact) mass is 399 g/mol. The van der Waals surface area contributed by atoms with Gasteiger partial charge < -0.3 is 9.64 Å². The van der Waals surface area contributed by atoms with Crippen molar-refractivity contribution in [2.24, 2.45) is 5.41 Å². The molecule has 0 fully saturated rings. The SMILES string of the molecule is COc1c2c(c(N(c3ccccc3)c3ccccc3)c3nnsc13)=CC(C)(C)C=2. The molecule has 144 valence electrons. The van der Waals surface area contributed by atoms with Gasteiger partial charge in [-0.2, -0.15) is 0 Å². The summed E-state index contributed by atoms with van der Waals surface area (Å²) >= 11 is 1.38. The van der Waals surface area contributed by atoms with Crippen LogP contribution in [-0.4, -0.2) is 16.7 Å². The Labute approximate surface area is 173 Å². The molecule has 0 unspecified atom stereocenters. The molecule has 1 aliphatic carbocycles. The number of anilines is 3. The van der Waals surface area contributed by atoms with E-state index < -0.39 is 0 Å². The summed E-state index contributed by atoms with van der Waals surface area (Å²) in [7, 11) is 1.72. The summed E-state index contributed by atoms with van der Waals surface area (Å²) in [5.74, 6) is 0.858. The van der Waals surface area contributed by atoms with Gasteiger partial charge in [0.1, 0.15) is 16.0 Å². The average molecular weight is 400 g/mol. The molecular weight excluding hydrogens is 378 g/mol. The number of nitrogens with zero attached hydrogens (tertiary/aromatic N) is 3. The van der Waals surface area contributed by atoms with Gasteiger partial charge in [0, 0.05) is 27.2 Å². The number of benzene rings is 3. The smallest absolute Gasteiger partial charge is 0.147 e. The molecule has 0 spiro atoms. The zero-order chi connectivity index (χ0) is 20.0. The molecule has 5 rings (SSSR count). The van der Waals surface area contributed by atoms with Crippen LogP contribution in [0.5, 0.6) is 5.75 Å². The zero-order valence-electron chi connectivity index (χ0n) is 16.6. The summed E-state index contributed by atoms with van der Waals surface area (Å²) in [6, 6.07) is 20.8. The minimum atomic E-state index is -0.0691. The van der Waals surface area contributed by atoms with Gasteiger partial charge in [-0.05, 0) is 35.8 Å². The Morgan fingerprint density at radius 1 is 0.862 bits per heavy atom. The molecule has 1 heterocycles. The van der Waals surface area contributed by atoms with Crippen molar-refractivity contribution in [1.82, 2.24) is 9.59 Å². The molecule has 0 aliphatic heterocycles. The Morgan fingerprint density at radius 2 is 1.45 bits per heavy atom. The number of methoxy groups -OCH3 is 1. The van der Waals surface area contributed by atoms with Gasteiger partial charge in [-0.15, -0.1) is 5.10 Å². The van der Waals surface area contributed by atoms with E-state index in [-0.39, 0.29) is 5.41 Å². The van der Waals surface area contributed by atoms with E-state index in [1.807, 2.05) is 12.1 Å². The van der Waals surface area contributed by atoms with Crippen molar-refractivity contribution in [3.05, 3.63) is 71.1 Å². The molecule has 0 N–H and O–H groups in total. The standard InChI is InChI=1S/C24H21N3OS/c1-24(2)14-18-19(15-24)22(28-3)23-20(25-26-29-23)21(18)27(16-10-6-4-7-11-16)17-12-8-5-9-13-17/h4-15H,1-3H3. The van der Waals surface area contributed by atoms with Gasteiger partial charge in [0.15, 0.2) is 0 Å². The minimum Gasteiger partial charge on any atom is -0.494 e. The zero-order valence-corrected chi connectivity index (χ0v) is 17.4. The van der Waals surface area contributed by atoms with E-state index in [9.17, 15) is 0 Å². The first-order chi connectivity index (χ1) is 14.1. The molecule has 5 heteroatoms. The van der Waals surface area contributed by atoms with E-state index in [1.165, 1.54) is 11.5 Å². The summed E-state index contributed by atoms with van der Waals surface area (Å²) in [6.07, 6.45) is 4.58. The van der Waals surface area contributed by atoms with E-state index in [1.54, 1.807) is 7.11 Å². The van der Waals surface area contributed by atoms with Crippen LogP contribution >= 0.6 is 11.5 Å². The highest BCUT2D eigenvalue weighted by Gasteiger charge is 2.27. The van der Waals surface area contributed by atoms with Crippen molar-refractivity contribution in [3.8, 4) is 5.75 Å². The maximum Gasteiger partial charge on any atom is 0.147 e. The van der Waals surface area contributed by atoms with Crippen LogP contribution in [0.3, 0.4) is 0 Å². The van der Waals surface area contributed by atoms with Crippen molar-refractivity contribution in [2.75, 3.05) is 12.0 Å². The Kier molecular flexibility index (Phi) is 4.14. The summed E-state index contributed by atoms with van der Waals surface area (Å²) in [5.41, 5.74) is 4.00. The maximum absolute atomic E-state index is 5.83. The van der Waals surface area contributed by atoms with Crippen molar-refractivity contribution in [2.45, 2.75) is 13.8 Å². The van der Waals surface area contributed by atoms with E-state index in [0.717, 1.165) is 43.5 Å². The fourth-order valence-corrected chi connectivity index (χ4v) is 4.76. The van der Waals surface area contributed by atoms with Gasteiger partial charge in [-0.25, -0.2) is 0 Å². The van der Waals surface area contributed by atoms with Crippen LogP contribution in [0, 0.1) is 5.41 Å². The van der Waals surface area contributed by atoms with Crippen LogP contribution < -0.4 is 20.1 Å². The largest absolute Gasteiger partial charge is 0.494 e. The third-order valence-corrected chi connectivity index (χ3v) is 5.92. The van der Waals surface area contributed by atoms with Crippen LogP contribution in [-0.2, 0) is 0 Å². The van der Waals surface area contributed by atoms with E-state index in [2.05, 4.69) is 89.0 Å². The number of hydrogen-bond donors (Lipinski definition) is 0. The maximum atomic E-state index is 5.83. The Bertz CT molecular complexity index is 1270. The van der Waals surface area contributed by atoms with Gasteiger partial charge >= 0.3 is 0 Å². The number of ether oxygens (including phenoxy) is 1. The molecule has 0 radical (unpaired) electrons. The Morgan fingerprint density at radius 3 is 2.03 bits per heavy atom. The lowest BCUT2D eigenvalue weighted by Gasteiger charge is -2.26. The molecule has 0 amide bonds. The molecule has 3 aromatic carbocycles. The summed E-state index contributed by atoms with van der Waals surface area (Å²) in [6.45, 7) is 4.43. The molecule has 29 heavy (non-hydrogen) atoms. The van der Waals surface area contributed by atoms with Gasteiger partial charge in [-0.1, -0.05) is 66.9 Å². The number of aromatic nitrogens is 2. The van der Waals surface area contributed by atoms with Gasteiger partial charge in [0.2, 0.25) is 0 Å². The van der Waals surface area contributed by atoms with Gasteiger partial charge in [0.25, 0.3) is 0 Å². The lowest BCUT2D eigenvalue weighted by molar-refractivity contribution is 0.416. The van der Waals surface area contributed by atoms with Crippen molar-refractivity contribution < 1.29 is 4.74 Å². The average Bonchev–Trinajstić information content (AvgIpc) is 3.33. The molecule has 0 saturated heterocycles. The number of hydrogen-bond acceptors (Lipinski definition) is 5. The normalized spacial score (nSPS) is 14.2.